The summed E-state index contributed by atoms with van der Waals surface area (Å²) in [6.07, 6.45) is 0. The van der Waals surface area contributed by atoms with Crippen LogP contribution in [0.1, 0.15) is 17.3 Å². The maximum Gasteiger partial charge on any atom is 0.237 e. The van der Waals surface area contributed by atoms with Crippen LogP contribution in [0, 0.1) is 0 Å². The van der Waals surface area contributed by atoms with E-state index in [0.29, 0.717) is 11.3 Å². The lowest BCUT2D eigenvalue weighted by atomic mass is 10.1. The molecule has 90 valence electrons. The van der Waals surface area contributed by atoms with E-state index in [2.05, 4.69) is 15.9 Å². The van der Waals surface area contributed by atoms with E-state index in [4.69, 9.17) is 0 Å². The Balaban J connectivity index is 2.42. The van der Waals surface area contributed by atoms with E-state index < -0.39 is 0 Å². The van der Waals surface area contributed by atoms with Crippen molar-refractivity contribution in [2.45, 2.75) is 16.6 Å². The molecule has 1 heterocycles. The van der Waals surface area contributed by atoms with Gasteiger partial charge in [0.1, 0.15) is 0 Å². The number of hydrogen-bond acceptors (Lipinski definition) is 3. The molecule has 1 atom stereocenters. The third-order valence-corrected chi connectivity index (χ3v) is 4.15. The number of Topliss-reactive ketones (excluding diaryl/α,β-unsaturated/α-hetero) is 1. The number of amides is 1. The summed E-state index contributed by atoms with van der Waals surface area (Å²) >= 11 is 4.78. The van der Waals surface area contributed by atoms with Crippen LogP contribution in [-0.4, -0.2) is 29.3 Å². The second kappa shape index (κ2) is 4.82. The van der Waals surface area contributed by atoms with Crippen molar-refractivity contribution in [2.75, 3.05) is 17.7 Å². The molecule has 1 aromatic carbocycles. The normalized spacial score (nSPS) is 16.6. The summed E-state index contributed by atoms with van der Waals surface area (Å²) in [4.78, 5) is 25.9. The van der Waals surface area contributed by atoms with E-state index >= 15 is 0 Å². The fraction of sp³-hybridized carbons (Fsp3) is 0.333. The van der Waals surface area contributed by atoms with E-state index in [9.17, 15) is 9.59 Å². The summed E-state index contributed by atoms with van der Waals surface area (Å²) in [7, 11) is 1.74. The first-order chi connectivity index (χ1) is 8.00. The number of carbonyl (C=O) groups excluding carboxylic acids is 2. The average Bonchev–Trinajstić information content (AvgIpc) is 2.32. The zero-order valence-electron chi connectivity index (χ0n) is 9.57. The van der Waals surface area contributed by atoms with Crippen molar-refractivity contribution in [2.24, 2.45) is 0 Å². The first kappa shape index (κ1) is 12.6. The van der Waals surface area contributed by atoms with Gasteiger partial charge in [0, 0.05) is 17.5 Å². The average molecular weight is 314 g/mol. The summed E-state index contributed by atoms with van der Waals surface area (Å²) in [5.41, 5.74) is 1.46. The number of fused-ring (bicyclic) bond motifs is 1. The molecule has 1 aliphatic heterocycles. The molecule has 1 unspecified atom stereocenters. The van der Waals surface area contributed by atoms with Crippen LogP contribution in [0.5, 0.6) is 0 Å². The Hall–Kier alpha value is -0.810. The molecule has 0 aliphatic carbocycles. The first-order valence-corrected chi connectivity index (χ1v) is 7.12. The minimum absolute atomic E-state index is 0.0317. The number of halogens is 1. The largest absolute Gasteiger partial charge is 0.314 e. The Morgan fingerprint density at radius 1 is 1.53 bits per heavy atom. The van der Waals surface area contributed by atoms with Crippen LogP contribution in [-0.2, 0) is 4.79 Å². The summed E-state index contributed by atoms with van der Waals surface area (Å²) < 4.78 is 0. The second-order valence-electron chi connectivity index (χ2n) is 3.90. The number of benzene rings is 1. The second-order valence-corrected chi connectivity index (χ2v) is 6.29. The number of rotatable bonds is 2. The number of anilines is 1. The van der Waals surface area contributed by atoms with Crippen LogP contribution in [0.15, 0.2) is 23.1 Å². The SMILES string of the molecule is CC(Br)C(=O)c1ccc2c(c1)N(C)C(=O)CS2. The molecule has 0 saturated carbocycles. The van der Waals surface area contributed by atoms with Crippen LogP contribution in [0.2, 0.25) is 0 Å². The molecule has 0 aromatic heterocycles. The fourth-order valence-electron chi connectivity index (χ4n) is 1.66. The quantitative estimate of drug-likeness (QED) is 0.622. The highest BCUT2D eigenvalue weighted by molar-refractivity contribution is 9.10. The van der Waals surface area contributed by atoms with Crippen molar-refractivity contribution < 1.29 is 9.59 Å². The third kappa shape index (κ3) is 2.40. The van der Waals surface area contributed by atoms with Crippen molar-refractivity contribution >= 4 is 45.1 Å². The molecule has 0 fully saturated rings. The van der Waals surface area contributed by atoms with Gasteiger partial charge in [-0.1, -0.05) is 22.0 Å². The highest BCUT2D eigenvalue weighted by Gasteiger charge is 2.23. The maximum absolute atomic E-state index is 11.9. The molecule has 0 saturated heterocycles. The van der Waals surface area contributed by atoms with E-state index in [0.717, 1.165) is 10.6 Å². The number of carbonyl (C=O) groups is 2. The zero-order valence-corrected chi connectivity index (χ0v) is 12.0. The minimum atomic E-state index is -0.210. The Kier molecular flexibility index (Phi) is 3.58. The Labute approximate surface area is 113 Å². The minimum Gasteiger partial charge on any atom is -0.314 e. The van der Waals surface area contributed by atoms with Crippen molar-refractivity contribution in [3.63, 3.8) is 0 Å². The van der Waals surface area contributed by atoms with Gasteiger partial charge in [0.25, 0.3) is 0 Å². The summed E-state index contributed by atoms with van der Waals surface area (Å²) in [6, 6.07) is 5.51. The van der Waals surface area contributed by atoms with Gasteiger partial charge < -0.3 is 4.90 Å². The monoisotopic (exact) mass is 313 g/mol. The van der Waals surface area contributed by atoms with Gasteiger partial charge in [-0.3, -0.25) is 9.59 Å². The van der Waals surface area contributed by atoms with Gasteiger partial charge in [-0.2, -0.15) is 0 Å². The molecule has 0 N–H and O–H groups in total. The highest BCUT2D eigenvalue weighted by atomic mass is 79.9. The van der Waals surface area contributed by atoms with Crippen molar-refractivity contribution in [1.82, 2.24) is 0 Å². The van der Waals surface area contributed by atoms with E-state index in [-0.39, 0.29) is 16.5 Å². The van der Waals surface area contributed by atoms with E-state index in [1.807, 2.05) is 12.1 Å². The molecular formula is C12H12BrNO2S. The molecule has 2 rings (SSSR count). The molecule has 0 bridgehead atoms. The van der Waals surface area contributed by atoms with E-state index in [1.165, 1.54) is 11.8 Å². The van der Waals surface area contributed by atoms with Gasteiger partial charge in [0.15, 0.2) is 5.78 Å². The summed E-state index contributed by atoms with van der Waals surface area (Å²) in [5.74, 6) is 0.564. The molecule has 1 aromatic rings. The first-order valence-electron chi connectivity index (χ1n) is 5.22. The molecule has 0 radical (unpaired) electrons. The molecule has 1 aliphatic rings. The lowest BCUT2D eigenvalue weighted by Gasteiger charge is -2.25. The van der Waals surface area contributed by atoms with Crippen LogP contribution in [0.25, 0.3) is 0 Å². The Bertz CT molecular complexity index is 487. The van der Waals surface area contributed by atoms with Gasteiger partial charge in [0.05, 0.1) is 16.3 Å². The van der Waals surface area contributed by atoms with Gasteiger partial charge in [0.2, 0.25) is 5.91 Å². The number of nitrogens with zero attached hydrogens (tertiary/aromatic N) is 1. The van der Waals surface area contributed by atoms with Crippen LogP contribution >= 0.6 is 27.7 Å². The standard InChI is InChI=1S/C12H12BrNO2S/c1-7(13)12(16)8-3-4-10-9(5-8)14(2)11(15)6-17-10/h3-5,7H,6H2,1-2H3. The summed E-state index contributed by atoms with van der Waals surface area (Å²) in [6.45, 7) is 1.80. The Morgan fingerprint density at radius 3 is 2.88 bits per heavy atom. The number of thioether (sulfide) groups is 1. The van der Waals surface area contributed by atoms with Crippen molar-refractivity contribution in [3.8, 4) is 0 Å². The van der Waals surface area contributed by atoms with Gasteiger partial charge in [-0.15, -0.1) is 11.8 Å². The van der Waals surface area contributed by atoms with Crippen LogP contribution < -0.4 is 4.90 Å². The number of alkyl halides is 1. The molecule has 5 heteroatoms. The topological polar surface area (TPSA) is 37.4 Å². The lowest BCUT2D eigenvalue weighted by molar-refractivity contribution is -0.116. The van der Waals surface area contributed by atoms with Gasteiger partial charge in [-0.05, 0) is 19.1 Å². The van der Waals surface area contributed by atoms with Crippen molar-refractivity contribution in [3.05, 3.63) is 23.8 Å². The van der Waals surface area contributed by atoms with Gasteiger partial charge in [-0.25, -0.2) is 0 Å². The van der Waals surface area contributed by atoms with Gasteiger partial charge >= 0.3 is 0 Å². The molecular weight excluding hydrogens is 302 g/mol. The molecule has 1 amide bonds. The van der Waals surface area contributed by atoms with Crippen molar-refractivity contribution in [1.29, 1.82) is 0 Å². The summed E-state index contributed by atoms with van der Waals surface area (Å²) in [5, 5.41) is 0. The lowest BCUT2D eigenvalue weighted by Crippen LogP contribution is -2.31. The predicted molar refractivity (Wildman–Crippen MR) is 73.3 cm³/mol. The smallest absolute Gasteiger partial charge is 0.237 e. The fourth-order valence-corrected chi connectivity index (χ4v) is 2.90. The molecule has 17 heavy (non-hydrogen) atoms. The van der Waals surface area contributed by atoms with Crippen LogP contribution in [0.3, 0.4) is 0 Å². The maximum atomic E-state index is 11.9. The highest BCUT2D eigenvalue weighted by Crippen LogP contribution is 2.35. The molecule has 0 spiro atoms. The third-order valence-electron chi connectivity index (χ3n) is 2.69. The number of ketones is 1. The zero-order chi connectivity index (χ0) is 12.6. The predicted octanol–water partition coefficient (Wildman–Crippen LogP) is 2.72. The van der Waals surface area contributed by atoms with E-state index in [1.54, 1.807) is 24.9 Å². The Morgan fingerprint density at radius 2 is 2.24 bits per heavy atom. The molecule has 3 nitrogen and oxygen atoms in total. The number of hydrogen-bond donors (Lipinski definition) is 0. The van der Waals surface area contributed by atoms with Crippen LogP contribution in [0.4, 0.5) is 5.69 Å².